The lowest BCUT2D eigenvalue weighted by atomic mass is 10.2. The third kappa shape index (κ3) is 4.94. The number of hydrogen-bond donors (Lipinski definition) is 2. The Labute approximate surface area is 109 Å². The summed E-state index contributed by atoms with van der Waals surface area (Å²) >= 11 is 0. The molecule has 4 nitrogen and oxygen atoms in total. The van der Waals surface area contributed by atoms with E-state index in [1.54, 1.807) is 7.11 Å². The second-order valence-electron chi connectivity index (χ2n) is 4.12. The summed E-state index contributed by atoms with van der Waals surface area (Å²) in [4.78, 5) is 0. The molecule has 0 saturated carbocycles. The zero-order valence-electron chi connectivity index (χ0n) is 11.2. The molecule has 0 heterocycles. The molecule has 1 atom stereocenters. The minimum absolute atomic E-state index is 0.0969. The molecule has 1 aromatic rings. The fourth-order valence-corrected chi connectivity index (χ4v) is 1.66. The maximum absolute atomic E-state index is 9.21. The van der Waals surface area contributed by atoms with Crippen molar-refractivity contribution in [3.63, 3.8) is 0 Å². The van der Waals surface area contributed by atoms with Gasteiger partial charge in [-0.2, -0.15) is 0 Å². The highest BCUT2D eigenvalue weighted by Gasteiger charge is 2.07. The Morgan fingerprint density at radius 1 is 1.28 bits per heavy atom. The van der Waals surface area contributed by atoms with Crippen LogP contribution in [0.3, 0.4) is 0 Å². The predicted octanol–water partition coefficient (Wildman–Crippen LogP) is 1.82. The van der Waals surface area contributed by atoms with Crippen molar-refractivity contribution >= 4 is 0 Å². The van der Waals surface area contributed by atoms with Crippen LogP contribution in [0.1, 0.15) is 19.8 Å². The van der Waals surface area contributed by atoms with Gasteiger partial charge in [0.05, 0.1) is 20.3 Å². The summed E-state index contributed by atoms with van der Waals surface area (Å²) in [5.41, 5.74) is 0. The van der Waals surface area contributed by atoms with E-state index in [0.29, 0.717) is 6.61 Å². The quantitative estimate of drug-likeness (QED) is 0.705. The first-order chi connectivity index (χ1) is 8.81. The lowest BCUT2D eigenvalue weighted by molar-refractivity contribution is 0.206. The van der Waals surface area contributed by atoms with Crippen molar-refractivity contribution < 1.29 is 14.6 Å². The highest BCUT2D eigenvalue weighted by atomic mass is 16.5. The van der Waals surface area contributed by atoms with Crippen LogP contribution in [0.2, 0.25) is 0 Å². The van der Waals surface area contributed by atoms with Gasteiger partial charge >= 0.3 is 0 Å². The summed E-state index contributed by atoms with van der Waals surface area (Å²) in [5.74, 6) is 1.48. The topological polar surface area (TPSA) is 50.7 Å². The molecule has 0 aliphatic heterocycles. The maximum atomic E-state index is 9.21. The zero-order valence-corrected chi connectivity index (χ0v) is 11.2. The largest absolute Gasteiger partial charge is 0.493 e. The molecule has 102 valence electrons. The molecule has 0 bridgehead atoms. The standard InChI is InChI=1S/C14H23NO3/c1-3-9-15-12(11-16)8-10-18-14-7-5-4-6-13(14)17-2/h4-7,12,15-16H,3,8-11H2,1-2H3. The minimum atomic E-state index is 0.0969. The van der Waals surface area contributed by atoms with Gasteiger partial charge in [0.25, 0.3) is 0 Å². The molecule has 1 rings (SSSR count). The summed E-state index contributed by atoms with van der Waals surface area (Å²) in [7, 11) is 1.63. The van der Waals surface area contributed by atoms with Gasteiger partial charge in [-0.1, -0.05) is 19.1 Å². The Hall–Kier alpha value is -1.26. The van der Waals surface area contributed by atoms with E-state index in [-0.39, 0.29) is 12.6 Å². The molecule has 4 heteroatoms. The second kappa shape index (κ2) is 8.78. The number of aliphatic hydroxyl groups excluding tert-OH is 1. The van der Waals surface area contributed by atoms with Crippen molar-refractivity contribution in [3.8, 4) is 11.5 Å². The number of hydrogen-bond acceptors (Lipinski definition) is 4. The van der Waals surface area contributed by atoms with Gasteiger partial charge in [0.2, 0.25) is 0 Å². The first kappa shape index (κ1) is 14.8. The number of methoxy groups -OCH3 is 1. The first-order valence-corrected chi connectivity index (χ1v) is 6.41. The number of benzene rings is 1. The predicted molar refractivity (Wildman–Crippen MR) is 72.3 cm³/mol. The summed E-state index contributed by atoms with van der Waals surface area (Å²) in [6, 6.07) is 7.67. The van der Waals surface area contributed by atoms with E-state index < -0.39 is 0 Å². The molecule has 0 spiro atoms. The highest BCUT2D eigenvalue weighted by molar-refractivity contribution is 5.39. The molecule has 0 aliphatic carbocycles. The number of nitrogens with one attached hydrogen (secondary N) is 1. The molecule has 0 radical (unpaired) electrons. The maximum Gasteiger partial charge on any atom is 0.161 e. The Morgan fingerprint density at radius 2 is 2.00 bits per heavy atom. The molecular weight excluding hydrogens is 230 g/mol. The lowest BCUT2D eigenvalue weighted by Crippen LogP contribution is -2.34. The van der Waals surface area contributed by atoms with Crippen LogP contribution in [0.5, 0.6) is 11.5 Å². The van der Waals surface area contributed by atoms with Crippen LogP contribution in [-0.4, -0.2) is 38.0 Å². The third-order valence-electron chi connectivity index (χ3n) is 2.70. The Morgan fingerprint density at radius 3 is 2.61 bits per heavy atom. The average Bonchev–Trinajstić information content (AvgIpc) is 2.43. The van der Waals surface area contributed by atoms with Crippen molar-refractivity contribution in [2.75, 3.05) is 26.9 Å². The minimum Gasteiger partial charge on any atom is -0.493 e. The van der Waals surface area contributed by atoms with Gasteiger partial charge < -0.3 is 19.9 Å². The van der Waals surface area contributed by atoms with Gasteiger partial charge in [-0.25, -0.2) is 0 Å². The second-order valence-corrected chi connectivity index (χ2v) is 4.12. The van der Waals surface area contributed by atoms with Crippen molar-refractivity contribution in [1.82, 2.24) is 5.32 Å². The highest BCUT2D eigenvalue weighted by Crippen LogP contribution is 2.25. The monoisotopic (exact) mass is 253 g/mol. The number of ether oxygens (including phenoxy) is 2. The molecule has 18 heavy (non-hydrogen) atoms. The van der Waals surface area contributed by atoms with Gasteiger partial charge in [0, 0.05) is 6.04 Å². The molecule has 1 aromatic carbocycles. The van der Waals surface area contributed by atoms with Gasteiger partial charge in [0.15, 0.2) is 11.5 Å². The van der Waals surface area contributed by atoms with Crippen LogP contribution in [0.15, 0.2) is 24.3 Å². The summed E-state index contributed by atoms with van der Waals surface area (Å²) in [6.07, 6.45) is 1.83. The van der Waals surface area contributed by atoms with E-state index in [4.69, 9.17) is 9.47 Å². The van der Waals surface area contributed by atoms with E-state index in [1.807, 2.05) is 24.3 Å². The van der Waals surface area contributed by atoms with Crippen LogP contribution >= 0.6 is 0 Å². The van der Waals surface area contributed by atoms with Crippen LogP contribution in [-0.2, 0) is 0 Å². The van der Waals surface area contributed by atoms with Gasteiger partial charge in [-0.05, 0) is 31.5 Å². The summed E-state index contributed by atoms with van der Waals surface area (Å²) in [5, 5.41) is 12.5. The van der Waals surface area contributed by atoms with E-state index in [1.165, 1.54) is 0 Å². The fourth-order valence-electron chi connectivity index (χ4n) is 1.66. The van der Waals surface area contributed by atoms with Crippen LogP contribution < -0.4 is 14.8 Å². The summed E-state index contributed by atoms with van der Waals surface area (Å²) in [6.45, 7) is 3.71. The molecule has 0 aliphatic rings. The molecule has 0 aromatic heterocycles. The molecule has 1 unspecified atom stereocenters. The van der Waals surface area contributed by atoms with E-state index in [9.17, 15) is 5.11 Å². The number of rotatable bonds is 9. The van der Waals surface area contributed by atoms with Crippen molar-refractivity contribution in [2.24, 2.45) is 0 Å². The molecule has 0 amide bonds. The van der Waals surface area contributed by atoms with Crippen LogP contribution in [0.4, 0.5) is 0 Å². The third-order valence-corrected chi connectivity index (χ3v) is 2.70. The molecule has 2 N–H and O–H groups in total. The Bertz CT molecular complexity index is 331. The molecule has 0 fully saturated rings. The molecule has 0 saturated heterocycles. The van der Waals surface area contributed by atoms with E-state index in [2.05, 4.69) is 12.2 Å². The average molecular weight is 253 g/mol. The summed E-state index contributed by atoms with van der Waals surface area (Å²) < 4.78 is 10.9. The van der Waals surface area contributed by atoms with E-state index >= 15 is 0 Å². The smallest absolute Gasteiger partial charge is 0.161 e. The van der Waals surface area contributed by atoms with E-state index in [0.717, 1.165) is 30.9 Å². The molecular formula is C14H23NO3. The lowest BCUT2D eigenvalue weighted by Gasteiger charge is -2.16. The Balaban J connectivity index is 2.35. The van der Waals surface area contributed by atoms with Crippen LogP contribution in [0.25, 0.3) is 0 Å². The Kier molecular flexibility index (Phi) is 7.22. The van der Waals surface area contributed by atoms with Crippen molar-refractivity contribution in [2.45, 2.75) is 25.8 Å². The first-order valence-electron chi connectivity index (χ1n) is 6.41. The van der Waals surface area contributed by atoms with Crippen molar-refractivity contribution in [1.29, 1.82) is 0 Å². The van der Waals surface area contributed by atoms with Crippen molar-refractivity contribution in [3.05, 3.63) is 24.3 Å². The normalized spacial score (nSPS) is 12.2. The fraction of sp³-hybridized carbons (Fsp3) is 0.571. The number of aliphatic hydroxyl groups is 1. The van der Waals surface area contributed by atoms with Gasteiger partial charge in [0.1, 0.15) is 0 Å². The van der Waals surface area contributed by atoms with Crippen LogP contribution in [0, 0.1) is 0 Å². The zero-order chi connectivity index (χ0) is 13.2. The SMILES string of the molecule is CCCNC(CO)CCOc1ccccc1OC. The van der Waals surface area contributed by atoms with Gasteiger partial charge in [-0.15, -0.1) is 0 Å². The number of para-hydroxylation sites is 2. The van der Waals surface area contributed by atoms with Gasteiger partial charge in [-0.3, -0.25) is 0 Å².